The summed E-state index contributed by atoms with van der Waals surface area (Å²) in [5.41, 5.74) is 1.29. The molecular weight excluding hydrogens is 261 g/mol. The molecule has 0 saturated heterocycles. The Labute approximate surface area is 118 Å². The normalized spacial score (nSPS) is 13.1. The van der Waals surface area contributed by atoms with Crippen LogP contribution in [0.4, 0.5) is 4.39 Å². The molecule has 1 atom stereocenters. The maximum Gasteiger partial charge on any atom is 0.246 e. The quantitative estimate of drug-likeness (QED) is 0.749. The summed E-state index contributed by atoms with van der Waals surface area (Å²) in [6, 6.07) is 5.90. The first-order valence-corrected chi connectivity index (χ1v) is 6.42. The van der Waals surface area contributed by atoms with Gasteiger partial charge in [-0.1, -0.05) is 12.1 Å². The molecular formula is C15H20FNO3. The van der Waals surface area contributed by atoms with Gasteiger partial charge in [0.2, 0.25) is 5.91 Å². The summed E-state index contributed by atoms with van der Waals surface area (Å²) in [6.07, 6.45) is 1.53. The summed E-state index contributed by atoms with van der Waals surface area (Å²) in [5.74, 6) is -0.518. The highest BCUT2D eigenvalue weighted by Gasteiger charge is 2.06. The maximum atomic E-state index is 12.8. The topological polar surface area (TPSA) is 58.6 Å². The molecule has 0 heterocycles. The van der Waals surface area contributed by atoms with Gasteiger partial charge in [-0.3, -0.25) is 4.79 Å². The average molecular weight is 281 g/mol. The lowest BCUT2D eigenvalue weighted by atomic mass is 10.1. The van der Waals surface area contributed by atoms with E-state index in [9.17, 15) is 14.3 Å². The van der Waals surface area contributed by atoms with Crippen molar-refractivity contribution < 1.29 is 19.0 Å². The molecule has 0 bridgehead atoms. The molecule has 0 spiro atoms. The first kappa shape index (κ1) is 16.3. The molecule has 0 aliphatic heterocycles. The van der Waals surface area contributed by atoms with Gasteiger partial charge in [-0.25, -0.2) is 4.39 Å². The molecule has 20 heavy (non-hydrogen) atoms. The van der Waals surface area contributed by atoms with E-state index in [0.29, 0.717) is 18.5 Å². The van der Waals surface area contributed by atoms with Crippen molar-refractivity contribution in [1.82, 2.24) is 5.32 Å². The van der Waals surface area contributed by atoms with Gasteiger partial charge < -0.3 is 15.2 Å². The lowest BCUT2D eigenvalue weighted by Gasteiger charge is -2.10. The fourth-order valence-electron chi connectivity index (χ4n) is 1.64. The highest BCUT2D eigenvalue weighted by Crippen LogP contribution is 2.08. The largest absolute Gasteiger partial charge is 0.391 e. The van der Waals surface area contributed by atoms with Gasteiger partial charge in [-0.2, -0.15) is 0 Å². The lowest BCUT2D eigenvalue weighted by Crippen LogP contribution is -2.28. The molecule has 5 heteroatoms. The lowest BCUT2D eigenvalue weighted by molar-refractivity contribution is -0.117. The van der Waals surface area contributed by atoms with Crippen LogP contribution in [-0.4, -0.2) is 37.4 Å². The van der Waals surface area contributed by atoms with E-state index in [1.807, 2.05) is 0 Å². The number of methoxy groups -OCH3 is 1. The Morgan fingerprint density at radius 3 is 2.70 bits per heavy atom. The molecule has 2 N–H and O–H groups in total. The molecule has 110 valence electrons. The van der Waals surface area contributed by atoms with Crippen LogP contribution in [0.3, 0.4) is 0 Å². The van der Waals surface area contributed by atoms with Gasteiger partial charge in [0, 0.05) is 19.2 Å². The SMILES string of the molecule is COCC(O)CCNC(=O)/C(C)=C/c1ccc(F)cc1. The summed E-state index contributed by atoms with van der Waals surface area (Å²) >= 11 is 0. The van der Waals surface area contributed by atoms with Crippen molar-refractivity contribution in [2.75, 3.05) is 20.3 Å². The fourth-order valence-corrected chi connectivity index (χ4v) is 1.64. The molecule has 1 rings (SSSR count). The fraction of sp³-hybridized carbons (Fsp3) is 0.400. The van der Waals surface area contributed by atoms with E-state index in [2.05, 4.69) is 5.32 Å². The third-order valence-electron chi connectivity index (χ3n) is 2.73. The van der Waals surface area contributed by atoms with Gasteiger partial charge >= 0.3 is 0 Å². The molecule has 1 unspecified atom stereocenters. The van der Waals surface area contributed by atoms with E-state index < -0.39 is 6.10 Å². The number of benzene rings is 1. The summed E-state index contributed by atoms with van der Waals surface area (Å²) < 4.78 is 17.5. The second-order valence-electron chi connectivity index (χ2n) is 4.53. The van der Waals surface area contributed by atoms with Gasteiger partial charge in [0.25, 0.3) is 0 Å². The monoisotopic (exact) mass is 281 g/mol. The molecule has 0 fully saturated rings. The number of aliphatic hydroxyl groups is 1. The summed E-state index contributed by atoms with van der Waals surface area (Å²) in [6.45, 7) is 2.31. The predicted octanol–water partition coefficient (Wildman–Crippen LogP) is 1.74. The van der Waals surface area contributed by atoms with E-state index in [1.54, 1.807) is 25.1 Å². The summed E-state index contributed by atoms with van der Waals surface area (Å²) in [4.78, 5) is 11.8. The minimum absolute atomic E-state index is 0.209. The van der Waals surface area contributed by atoms with Crippen LogP contribution in [0.25, 0.3) is 6.08 Å². The minimum atomic E-state index is -0.582. The summed E-state index contributed by atoms with van der Waals surface area (Å²) in [7, 11) is 1.51. The van der Waals surface area contributed by atoms with E-state index in [0.717, 1.165) is 5.56 Å². The van der Waals surface area contributed by atoms with E-state index in [4.69, 9.17) is 4.74 Å². The van der Waals surface area contributed by atoms with Crippen LogP contribution in [0.2, 0.25) is 0 Å². The van der Waals surface area contributed by atoms with Crippen molar-refractivity contribution in [3.63, 3.8) is 0 Å². The number of amides is 1. The maximum absolute atomic E-state index is 12.8. The van der Waals surface area contributed by atoms with Crippen molar-refractivity contribution >= 4 is 12.0 Å². The molecule has 0 saturated carbocycles. The van der Waals surface area contributed by atoms with Crippen LogP contribution in [0.5, 0.6) is 0 Å². The van der Waals surface area contributed by atoms with E-state index in [-0.39, 0.29) is 18.3 Å². The number of halogens is 1. The highest BCUT2D eigenvalue weighted by molar-refractivity contribution is 5.97. The molecule has 1 aromatic rings. The molecule has 0 aromatic heterocycles. The van der Waals surface area contributed by atoms with Gasteiger partial charge in [-0.05, 0) is 37.1 Å². The number of aliphatic hydroxyl groups excluding tert-OH is 1. The number of hydrogen-bond acceptors (Lipinski definition) is 3. The van der Waals surface area contributed by atoms with Crippen molar-refractivity contribution in [2.24, 2.45) is 0 Å². The number of ether oxygens (including phenoxy) is 1. The third-order valence-corrected chi connectivity index (χ3v) is 2.73. The highest BCUT2D eigenvalue weighted by atomic mass is 19.1. The number of rotatable bonds is 7. The zero-order chi connectivity index (χ0) is 15.0. The zero-order valence-corrected chi connectivity index (χ0v) is 11.7. The van der Waals surface area contributed by atoms with Gasteiger partial charge in [0.1, 0.15) is 5.82 Å². The van der Waals surface area contributed by atoms with Crippen LogP contribution in [-0.2, 0) is 9.53 Å². The van der Waals surface area contributed by atoms with Crippen LogP contribution in [0, 0.1) is 5.82 Å². The minimum Gasteiger partial charge on any atom is -0.391 e. The van der Waals surface area contributed by atoms with Gasteiger partial charge in [0.15, 0.2) is 0 Å². The smallest absolute Gasteiger partial charge is 0.246 e. The Kier molecular flexibility index (Phi) is 6.90. The number of nitrogens with one attached hydrogen (secondary N) is 1. The first-order chi connectivity index (χ1) is 9.52. The average Bonchev–Trinajstić information content (AvgIpc) is 2.41. The van der Waals surface area contributed by atoms with Gasteiger partial charge in [0.05, 0.1) is 12.7 Å². The Bertz CT molecular complexity index is 457. The molecule has 0 aliphatic carbocycles. The molecule has 1 amide bonds. The molecule has 4 nitrogen and oxygen atoms in total. The van der Waals surface area contributed by atoms with Crippen LogP contribution >= 0.6 is 0 Å². The van der Waals surface area contributed by atoms with E-state index >= 15 is 0 Å². The van der Waals surface area contributed by atoms with E-state index in [1.165, 1.54) is 19.2 Å². The molecule has 0 aliphatic rings. The molecule has 1 aromatic carbocycles. The van der Waals surface area contributed by atoms with Crippen molar-refractivity contribution in [3.8, 4) is 0 Å². The Balaban J connectivity index is 2.44. The zero-order valence-electron chi connectivity index (χ0n) is 11.7. The second kappa shape index (κ2) is 8.45. The number of carbonyl (C=O) groups is 1. The van der Waals surface area contributed by atoms with Gasteiger partial charge in [-0.15, -0.1) is 0 Å². The summed E-state index contributed by atoms with van der Waals surface area (Å²) in [5, 5.41) is 12.1. The Morgan fingerprint density at radius 1 is 1.45 bits per heavy atom. The van der Waals surface area contributed by atoms with Crippen LogP contribution < -0.4 is 5.32 Å². The standard InChI is InChI=1S/C15H20FNO3/c1-11(9-12-3-5-13(16)6-4-12)15(19)17-8-7-14(18)10-20-2/h3-6,9,14,18H,7-8,10H2,1-2H3,(H,17,19)/b11-9+. The third kappa shape index (κ3) is 5.95. The molecule has 0 radical (unpaired) electrons. The second-order valence-corrected chi connectivity index (χ2v) is 4.53. The van der Waals surface area contributed by atoms with Crippen LogP contribution in [0.15, 0.2) is 29.8 Å². The first-order valence-electron chi connectivity index (χ1n) is 6.42. The van der Waals surface area contributed by atoms with Crippen molar-refractivity contribution in [1.29, 1.82) is 0 Å². The van der Waals surface area contributed by atoms with Crippen molar-refractivity contribution in [2.45, 2.75) is 19.4 Å². The number of hydrogen-bond donors (Lipinski definition) is 2. The van der Waals surface area contributed by atoms with Crippen molar-refractivity contribution in [3.05, 3.63) is 41.2 Å². The number of carbonyl (C=O) groups excluding carboxylic acids is 1. The van der Waals surface area contributed by atoms with Crippen LogP contribution in [0.1, 0.15) is 18.9 Å². The Hall–Kier alpha value is -1.72. The predicted molar refractivity (Wildman–Crippen MR) is 75.6 cm³/mol. The Morgan fingerprint density at radius 2 is 2.10 bits per heavy atom.